The Bertz CT molecular complexity index is 425. The van der Waals surface area contributed by atoms with Crippen LogP contribution in [0.2, 0.25) is 0 Å². The molecule has 0 aromatic carbocycles. The fourth-order valence-corrected chi connectivity index (χ4v) is 2.49. The van der Waals surface area contributed by atoms with Gasteiger partial charge in [-0.15, -0.1) is 11.3 Å². The first-order valence-electron chi connectivity index (χ1n) is 5.72. The van der Waals surface area contributed by atoms with E-state index in [1.165, 1.54) is 0 Å². The minimum absolute atomic E-state index is 0.0469. The third kappa shape index (κ3) is 2.89. The number of rotatable bonds is 6. The lowest BCUT2D eigenvalue weighted by Gasteiger charge is -2.27. The van der Waals surface area contributed by atoms with E-state index in [1.807, 2.05) is 16.3 Å². The summed E-state index contributed by atoms with van der Waals surface area (Å²) >= 11 is 1.69. The van der Waals surface area contributed by atoms with Crippen molar-refractivity contribution in [1.29, 1.82) is 0 Å². The largest absolute Gasteiger partial charge is 0.304 e. The maximum Gasteiger partial charge on any atom is 0.137 e. The van der Waals surface area contributed by atoms with Crippen LogP contribution in [-0.4, -0.2) is 26.3 Å². The third-order valence-electron chi connectivity index (χ3n) is 2.93. The van der Waals surface area contributed by atoms with Crippen molar-refractivity contribution in [1.82, 2.24) is 25.1 Å². The average Bonchev–Trinajstić information content (AvgIpc) is 3.01. The molecular formula is C11H17N5S. The molecule has 0 aliphatic carbocycles. The van der Waals surface area contributed by atoms with Crippen LogP contribution in [0.15, 0.2) is 24.2 Å². The lowest BCUT2D eigenvalue weighted by molar-refractivity contribution is 0.340. The molecule has 6 heteroatoms. The van der Waals surface area contributed by atoms with Crippen molar-refractivity contribution in [3.05, 3.63) is 29.2 Å². The highest BCUT2D eigenvalue weighted by Gasteiger charge is 2.26. The van der Waals surface area contributed by atoms with Gasteiger partial charge >= 0.3 is 0 Å². The molecule has 1 N–H and O–H groups in total. The molecule has 0 amide bonds. The molecule has 2 aromatic heterocycles. The maximum absolute atomic E-state index is 4.40. The Hall–Kier alpha value is -1.27. The molecule has 2 heterocycles. The normalized spacial score (nSPS) is 14.7. The van der Waals surface area contributed by atoms with Crippen LogP contribution in [0.25, 0.3) is 0 Å². The van der Waals surface area contributed by atoms with Gasteiger partial charge in [-0.25, -0.2) is 9.97 Å². The summed E-state index contributed by atoms with van der Waals surface area (Å²) in [6.45, 7) is 6.03. The standard InChI is InChI=1S/C11H17N5S/c1-3-11(2,10-13-5-7-17-10)14-4-6-16-9-12-8-15-16/h5,7-9,14H,3-4,6H2,1-2H3/t11-/m1/s1. The van der Waals surface area contributed by atoms with Gasteiger partial charge in [0.2, 0.25) is 0 Å². The van der Waals surface area contributed by atoms with E-state index in [9.17, 15) is 0 Å². The summed E-state index contributed by atoms with van der Waals surface area (Å²) in [5.41, 5.74) is -0.0469. The number of nitrogens with one attached hydrogen (secondary N) is 1. The molecule has 0 fully saturated rings. The second-order valence-corrected chi connectivity index (χ2v) is 5.00. The number of thiazole rings is 1. The fourth-order valence-electron chi connectivity index (χ4n) is 1.64. The lowest BCUT2D eigenvalue weighted by atomic mass is 10.00. The van der Waals surface area contributed by atoms with E-state index in [2.05, 4.69) is 34.2 Å². The first-order chi connectivity index (χ1) is 8.24. The van der Waals surface area contributed by atoms with E-state index >= 15 is 0 Å². The summed E-state index contributed by atoms with van der Waals surface area (Å²) in [5.74, 6) is 0. The zero-order valence-corrected chi connectivity index (χ0v) is 10.9. The predicted octanol–water partition coefficient (Wildman–Crippen LogP) is 1.65. The fraction of sp³-hybridized carbons (Fsp3) is 0.545. The van der Waals surface area contributed by atoms with E-state index in [4.69, 9.17) is 0 Å². The monoisotopic (exact) mass is 251 g/mol. The number of aromatic nitrogens is 4. The molecule has 0 bridgehead atoms. The highest BCUT2D eigenvalue weighted by molar-refractivity contribution is 7.09. The van der Waals surface area contributed by atoms with E-state index in [-0.39, 0.29) is 5.54 Å². The highest BCUT2D eigenvalue weighted by Crippen LogP contribution is 2.25. The Morgan fingerprint density at radius 2 is 2.41 bits per heavy atom. The molecule has 17 heavy (non-hydrogen) atoms. The van der Waals surface area contributed by atoms with Gasteiger partial charge in [0.1, 0.15) is 17.7 Å². The number of nitrogens with zero attached hydrogens (tertiary/aromatic N) is 4. The molecule has 0 aliphatic rings. The SMILES string of the molecule is CC[C@@](C)(NCCn1cncn1)c1nccs1. The quantitative estimate of drug-likeness (QED) is 0.848. The van der Waals surface area contributed by atoms with Crippen molar-refractivity contribution in [2.75, 3.05) is 6.54 Å². The summed E-state index contributed by atoms with van der Waals surface area (Å²) in [6.07, 6.45) is 6.15. The summed E-state index contributed by atoms with van der Waals surface area (Å²) < 4.78 is 1.82. The Morgan fingerprint density at radius 1 is 1.53 bits per heavy atom. The molecule has 0 aliphatic heterocycles. The first-order valence-corrected chi connectivity index (χ1v) is 6.60. The van der Waals surface area contributed by atoms with Gasteiger partial charge in [0, 0.05) is 18.1 Å². The topological polar surface area (TPSA) is 55.6 Å². The number of hydrogen-bond donors (Lipinski definition) is 1. The second kappa shape index (κ2) is 5.37. The van der Waals surface area contributed by atoms with Crippen molar-refractivity contribution in [2.24, 2.45) is 0 Å². The summed E-state index contributed by atoms with van der Waals surface area (Å²) in [5, 5.41) is 10.8. The van der Waals surface area contributed by atoms with E-state index in [0.717, 1.165) is 24.5 Å². The summed E-state index contributed by atoms with van der Waals surface area (Å²) in [7, 11) is 0. The maximum atomic E-state index is 4.40. The Labute approximate surface area is 105 Å². The van der Waals surface area contributed by atoms with Crippen molar-refractivity contribution < 1.29 is 0 Å². The van der Waals surface area contributed by atoms with E-state index < -0.39 is 0 Å². The first kappa shape index (κ1) is 12.2. The van der Waals surface area contributed by atoms with Crippen molar-refractivity contribution in [2.45, 2.75) is 32.4 Å². The van der Waals surface area contributed by atoms with Crippen molar-refractivity contribution in [3.63, 3.8) is 0 Å². The molecule has 0 spiro atoms. The molecule has 2 rings (SSSR count). The zero-order chi connectivity index (χ0) is 12.1. The van der Waals surface area contributed by atoms with Gasteiger partial charge in [0.05, 0.1) is 12.1 Å². The van der Waals surface area contributed by atoms with Gasteiger partial charge in [-0.1, -0.05) is 6.92 Å². The second-order valence-electron chi connectivity index (χ2n) is 4.11. The predicted molar refractivity (Wildman–Crippen MR) is 67.8 cm³/mol. The zero-order valence-electron chi connectivity index (χ0n) is 10.1. The van der Waals surface area contributed by atoms with Gasteiger partial charge in [0.15, 0.2) is 0 Å². The Balaban J connectivity index is 1.91. The van der Waals surface area contributed by atoms with Crippen LogP contribution >= 0.6 is 11.3 Å². The van der Waals surface area contributed by atoms with Crippen molar-refractivity contribution >= 4 is 11.3 Å². The van der Waals surface area contributed by atoms with Gasteiger partial charge in [-0.3, -0.25) is 4.68 Å². The van der Waals surface area contributed by atoms with Crippen molar-refractivity contribution in [3.8, 4) is 0 Å². The number of hydrogen-bond acceptors (Lipinski definition) is 5. The van der Waals surface area contributed by atoms with Crippen LogP contribution in [0.1, 0.15) is 25.3 Å². The summed E-state index contributed by atoms with van der Waals surface area (Å²) in [4.78, 5) is 8.32. The van der Waals surface area contributed by atoms with E-state index in [0.29, 0.717) is 0 Å². The van der Waals surface area contributed by atoms with Crippen LogP contribution in [0.5, 0.6) is 0 Å². The van der Waals surface area contributed by atoms with Crippen LogP contribution in [0, 0.1) is 0 Å². The molecule has 0 saturated heterocycles. The van der Waals surface area contributed by atoms with Crippen LogP contribution in [0.3, 0.4) is 0 Å². The Kier molecular flexibility index (Phi) is 3.86. The molecule has 0 radical (unpaired) electrons. The average molecular weight is 251 g/mol. The molecule has 92 valence electrons. The Morgan fingerprint density at radius 3 is 3.00 bits per heavy atom. The molecule has 0 unspecified atom stereocenters. The minimum Gasteiger partial charge on any atom is -0.304 e. The van der Waals surface area contributed by atoms with Gasteiger partial charge in [-0.05, 0) is 13.3 Å². The van der Waals surface area contributed by atoms with Gasteiger partial charge in [0.25, 0.3) is 0 Å². The van der Waals surface area contributed by atoms with Gasteiger partial charge < -0.3 is 5.32 Å². The van der Waals surface area contributed by atoms with Crippen LogP contribution in [-0.2, 0) is 12.1 Å². The smallest absolute Gasteiger partial charge is 0.137 e. The molecule has 2 aromatic rings. The lowest BCUT2D eigenvalue weighted by Crippen LogP contribution is -2.40. The molecular weight excluding hydrogens is 234 g/mol. The minimum atomic E-state index is -0.0469. The van der Waals surface area contributed by atoms with E-state index in [1.54, 1.807) is 24.0 Å². The summed E-state index contributed by atoms with van der Waals surface area (Å²) in [6, 6.07) is 0. The van der Waals surface area contributed by atoms with Crippen LogP contribution < -0.4 is 5.32 Å². The third-order valence-corrected chi connectivity index (χ3v) is 3.97. The van der Waals surface area contributed by atoms with Crippen LogP contribution in [0.4, 0.5) is 0 Å². The molecule has 1 atom stereocenters. The highest BCUT2D eigenvalue weighted by atomic mass is 32.1. The van der Waals surface area contributed by atoms with Gasteiger partial charge in [-0.2, -0.15) is 5.10 Å². The molecule has 5 nitrogen and oxygen atoms in total. The molecule has 0 saturated carbocycles.